The molecule has 0 radical (unpaired) electrons. The summed E-state index contributed by atoms with van der Waals surface area (Å²) < 4.78 is 35.9. The van der Waals surface area contributed by atoms with E-state index in [1.165, 1.54) is 31.4 Å². The predicted molar refractivity (Wildman–Crippen MR) is 156 cm³/mol. The van der Waals surface area contributed by atoms with E-state index in [0.29, 0.717) is 54.1 Å². The largest absolute Gasteiger partial charge is 0.476 e. The minimum Gasteiger partial charge on any atom is -0.476 e. The van der Waals surface area contributed by atoms with Gasteiger partial charge in [0.1, 0.15) is 23.1 Å². The molecule has 0 aliphatic heterocycles. The molecule has 2 aromatic heterocycles. The second kappa shape index (κ2) is 13.2. The number of fused-ring (bicyclic) bond motifs is 1. The fourth-order valence-electron chi connectivity index (χ4n) is 4.05. The highest BCUT2D eigenvalue weighted by molar-refractivity contribution is 7.91. The Kier molecular flexibility index (Phi) is 9.92. The molecule has 0 spiro atoms. The van der Waals surface area contributed by atoms with Gasteiger partial charge < -0.3 is 25.2 Å². The molecular formula is C27H35N5O7S2. The van der Waals surface area contributed by atoms with Crippen molar-refractivity contribution >= 4 is 48.3 Å². The van der Waals surface area contributed by atoms with Gasteiger partial charge in [0.25, 0.3) is 5.91 Å². The molecule has 3 aromatic rings. The highest BCUT2D eigenvalue weighted by atomic mass is 32.2. The molecule has 0 bridgehead atoms. The number of ether oxygens (including phenoxy) is 2. The van der Waals surface area contributed by atoms with Gasteiger partial charge in [-0.15, -0.1) is 0 Å². The number of rotatable bonds is 13. The van der Waals surface area contributed by atoms with Crippen LogP contribution >= 0.6 is 11.3 Å². The first-order valence-corrected chi connectivity index (χ1v) is 15.6. The monoisotopic (exact) mass is 605 g/mol. The summed E-state index contributed by atoms with van der Waals surface area (Å²) in [5.74, 6) is -0.263. The Balaban J connectivity index is 1.54. The van der Waals surface area contributed by atoms with Gasteiger partial charge in [-0.05, 0) is 51.3 Å². The number of nitrogens with one attached hydrogen (secondary N) is 1. The minimum atomic E-state index is -3.52. The van der Waals surface area contributed by atoms with E-state index in [0.717, 1.165) is 11.3 Å². The number of amides is 1. The zero-order valence-corrected chi connectivity index (χ0v) is 24.8. The molecule has 0 saturated heterocycles. The molecule has 14 heteroatoms. The molecule has 1 aromatic carbocycles. The molecular weight excluding hydrogens is 570 g/mol. The van der Waals surface area contributed by atoms with Gasteiger partial charge in [-0.1, -0.05) is 28.6 Å². The maximum absolute atomic E-state index is 13.4. The van der Waals surface area contributed by atoms with Crippen LogP contribution in [0.1, 0.15) is 45.1 Å². The summed E-state index contributed by atoms with van der Waals surface area (Å²) in [4.78, 5) is 28.6. The Bertz CT molecular complexity index is 1480. The normalized spacial score (nSPS) is 18.0. The first-order chi connectivity index (χ1) is 19.4. The van der Waals surface area contributed by atoms with Crippen LogP contribution in [0.2, 0.25) is 0 Å². The molecule has 41 heavy (non-hydrogen) atoms. The van der Waals surface area contributed by atoms with Gasteiger partial charge in [0, 0.05) is 37.3 Å². The average Bonchev–Trinajstić information content (AvgIpc) is 3.52. The third kappa shape index (κ3) is 8.66. The molecule has 222 valence electrons. The Morgan fingerprint density at radius 3 is 2.61 bits per heavy atom. The van der Waals surface area contributed by atoms with Gasteiger partial charge in [-0.25, -0.2) is 18.4 Å². The smallest absolute Gasteiger partial charge is 0.280 e. The highest BCUT2D eigenvalue weighted by Gasteiger charge is 2.26. The van der Waals surface area contributed by atoms with Crippen LogP contribution in [-0.4, -0.2) is 78.9 Å². The molecule has 4 N–H and O–H groups in total. The number of pyridine rings is 1. The van der Waals surface area contributed by atoms with E-state index >= 15 is 0 Å². The van der Waals surface area contributed by atoms with E-state index in [2.05, 4.69) is 20.4 Å². The number of benzene rings is 1. The zero-order valence-electron chi connectivity index (χ0n) is 23.2. The molecule has 4 rings (SSSR count). The Labute approximate surface area is 242 Å². The van der Waals surface area contributed by atoms with Crippen LogP contribution in [0.4, 0.5) is 5.13 Å². The van der Waals surface area contributed by atoms with Crippen molar-refractivity contribution in [2.45, 2.75) is 62.2 Å². The van der Waals surface area contributed by atoms with Crippen molar-refractivity contribution in [2.75, 3.05) is 31.4 Å². The number of aliphatic hydroxyl groups excluding tert-OH is 1. The van der Waals surface area contributed by atoms with E-state index in [1.807, 2.05) is 13.8 Å². The lowest BCUT2D eigenvalue weighted by Crippen LogP contribution is -2.38. The lowest BCUT2D eigenvalue weighted by Gasteiger charge is -2.18. The standard InChI is InChI=1S/C27H35N5O7S2/c1-27(2,28)16-38-22-12-11-21-25(30-22)40-26(29-21)31-24(34)23(32-39-19-8-7-18(33)15-19)17-5-9-20(10-6-17)41(35,36)14-4-13-37-3/h5-6,9-12,18-19,33H,4,7-8,13-16,28H2,1-3H3,(H,29,31,34)/t18-,19-/m1/s1. The number of carbonyl (C=O) groups excluding carboxylic acids is 1. The molecule has 2 atom stereocenters. The number of aliphatic hydroxyl groups is 1. The number of nitrogens with zero attached hydrogens (tertiary/aromatic N) is 3. The van der Waals surface area contributed by atoms with Crippen LogP contribution in [0.5, 0.6) is 5.88 Å². The van der Waals surface area contributed by atoms with E-state index < -0.39 is 27.4 Å². The van der Waals surface area contributed by atoms with Crippen molar-refractivity contribution in [3.8, 4) is 5.88 Å². The molecule has 1 fully saturated rings. The fourth-order valence-corrected chi connectivity index (χ4v) is 6.16. The molecule has 2 heterocycles. The first kappa shape index (κ1) is 30.8. The summed E-state index contributed by atoms with van der Waals surface area (Å²) in [6.45, 7) is 4.31. The van der Waals surface area contributed by atoms with Crippen LogP contribution in [-0.2, 0) is 24.2 Å². The number of nitrogens with two attached hydrogens (primary N) is 1. The van der Waals surface area contributed by atoms with E-state index in [4.69, 9.17) is 20.0 Å². The van der Waals surface area contributed by atoms with Gasteiger partial charge in [0.05, 0.1) is 16.8 Å². The third-order valence-electron chi connectivity index (χ3n) is 6.16. The van der Waals surface area contributed by atoms with Crippen molar-refractivity contribution in [3.63, 3.8) is 0 Å². The maximum Gasteiger partial charge on any atom is 0.280 e. The quantitative estimate of drug-likeness (QED) is 0.149. The number of hydrogen-bond acceptors (Lipinski definition) is 12. The minimum absolute atomic E-state index is 0.0584. The summed E-state index contributed by atoms with van der Waals surface area (Å²) in [5, 5.41) is 17.0. The lowest BCUT2D eigenvalue weighted by atomic mass is 10.1. The van der Waals surface area contributed by atoms with Crippen LogP contribution in [0.25, 0.3) is 10.3 Å². The van der Waals surface area contributed by atoms with Gasteiger partial charge >= 0.3 is 0 Å². The zero-order chi connectivity index (χ0) is 29.6. The topological polar surface area (TPSA) is 175 Å². The maximum atomic E-state index is 13.4. The van der Waals surface area contributed by atoms with Crippen LogP contribution < -0.4 is 15.8 Å². The molecule has 1 saturated carbocycles. The molecule has 0 unspecified atom stereocenters. The number of aromatic nitrogens is 2. The number of carbonyl (C=O) groups is 1. The summed E-state index contributed by atoms with van der Waals surface area (Å²) in [6, 6.07) is 9.31. The number of anilines is 1. The fraction of sp³-hybridized carbons (Fsp3) is 0.481. The van der Waals surface area contributed by atoms with Crippen LogP contribution in [0.3, 0.4) is 0 Å². The molecule has 1 aliphatic rings. The number of thiazole rings is 1. The summed E-state index contributed by atoms with van der Waals surface area (Å²) in [7, 11) is -2.00. The highest BCUT2D eigenvalue weighted by Crippen LogP contribution is 2.27. The van der Waals surface area contributed by atoms with Crippen molar-refractivity contribution < 1.29 is 32.6 Å². The van der Waals surface area contributed by atoms with Crippen molar-refractivity contribution in [1.82, 2.24) is 9.97 Å². The van der Waals surface area contributed by atoms with E-state index in [-0.39, 0.29) is 34.2 Å². The van der Waals surface area contributed by atoms with Gasteiger partial charge in [0.2, 0.25) is 5.88 Å². The predicted octanol–water partition coefficient (Wildman–Crippen LogP) is 2.89. The molecule has 12 nitrogen and oxygen atoms in total. The first-order valence-electron chi connectivity index (χ1n) is 13.2. The van der Waals surface area contributed by atoms with E-state index in [1.54, 1.807) is 12.1 Å². The van der Waals surface area contributed by atoms with Gasteiger partial charge in [0.15, 0.2) is 20.7 Å². The Morgan fingerprint density at radius 2 is 1.95 bits per heavy atom. The number of methoxy groups -OCH3 is 1. The van der Waals surface area contributed by atoms with Gasteiger partial charge in [-0.3, -0.25) is 10.1 Å². The molecule has 1 amide bonds. The van der Waals surface area contributed by atoms with Crippen molar-refractivity contribution in [3.05, 3.63) is 42.0 Å². The Hall–Kier alpha value is -3.17. The average molecular weight is 606 g/mol. The number of sulfone groups is 1. The van der Waals surface area contributed by atoms with Crippen molar-refractivity contribution in [2.24, 2.45) is 10.9 Å². The third-order valence-corrected chi connectivity index (χ3v) is 8.85. The van der Waals surface area contributed by atoms with E-state index in [9.17, 15) is 18.3 Å². The van der Waals surface area contributed by atoms with Crippen molar-refractivity contribution in [1.29, 1.82) is 0 Å². The lowest BCUT2D eigenvalue weighted by molar-refractivity contribution is -0.110. The summed E-state index contributed by atoms with van der Waals surface area (Å²) in [6.07, 6.45) is 1.16. The van der Waals surface area contributed by atoms with Crippen LogP contribution in [0.15, 0.2) is 46.4 Å². The van der Waals surface area contributed by atoms with Gasteiger partial charge in [-0.2, -0.15) is 0 Å². The van der Waals surface area contributed by atoms with Crippen LogP contribution in [0, 0.1) is 0 Å². The second-order valence-electron chi connectivity index (χ2n) is 10.5. The SMILES string of the molecule is COCCCS(=O)(=O)c1ccc(C(=NO[C@@H]2CC[C@@H](O)C2)C(=O)Nc2nc3ccc(OCC(C)(C)N)nc3s2)cc1. The second-order valence-corrected chi connectivity index (χ2v) is 13.6. The summed E-state index contributed by atoms with van der Waals surface area (Å²) >= 11 is 1.16. The molecule has 1 aliphatic carbocycles. The Morgan fingerprint density at radius 1 is 1.20 bits per heavy atom. The summed E-state index contributed by atoms with van der Waals surface area (Å²) in [5.41, 5.74) is 6.32. The number of hydrogen-bond donors (Lipinski definition) is 3. The number of oxime groups is 1.